The predicted molar refractivity (Wildman–Crippen MR) is 81.7 cm³/mol. The van der Waals surface area contributed by atoms with Crippen LogP contribution in [-0.2, 0) is 0 Å². The molecule has 2 rings (SSSR count). The lowest BCUT2D eigenvalue weighted by atomic mass is 10.1. The standard InChI is InChI=1S/C16H15F3N2O3/c1-10-7-8-21(11-5-3-4-6-12(11)24-2)15(23)13(10)14(22)20-9-16(17,18)19/h3-8H,9H2,1-2H3,(H,20,22). The summed E-state index contributed by atoms with van der Waals surface area (Å²) in [7, 11) is 1.43. The van der Waals surface area contributed by atoms with E-state index in [-0.39, 0.29) is 11.1 Å². The minimum Gasteiger partial charge on any atom is -0.495 e. The van der Waals surface area contributed by atoms with Crippen LogP contribution in [0, 0.1) is 6.92 Å². The molecule has 0 aliphatic carbocycles. The maximum absolute atomic E-state index is 12.6. The van der Waals surface area contributed by atoms with Crippen LogP contribution >= 0.6 is 0 Å². The lowest BCUT2D eigenvalue weighted by Gasteiger charge is -2.14. The molecule has 0 atom stereocenters. The van der Waals surface area contributed by atoms with Crippen molar-refractivity contribution >= 4 is 5.91 Å². The third kappa shape index (κ3) is 3.76. The Kier molecular flexibility index (Phi) is 4.96. The van der Waals surface area contributed by atoms with Crippen molar-refractivity contribution in [3.63, 3.8) is 0 Å². The third-order valence-corrected chi connectivity index (χ3v) is 3.32. The number of rotatable bonds is 4. The lowest BCUT2D eigenvalue weighted by Crippen LogP contribution is -2.38. The van der Waals surface area contributed by atoms with E-state index in [0.717, 1.165) is 4.57 Å². The molecule has 1 aromatic carbocycles. The van der Waals surface area contributed by atoms with Crippen LogP contribution in [0.3, 0.4) is 0 Å². The summed E-state index contributed by atoms with van der Waals surface area (Å²) < 4.78 is 43.1. The van der Waals surface area contributed by atoms with Crippen molar-refractivity contribution in [3.05, 3.63) is 58.0 Å². The number of ether oxygens (including phenoxy) is 1. The van der Waals surface area contributed by atoms with Gasteiger partial charge in [-0.25, -0.2) is 0 Å². The lowest BCUT2D eigenvalue weighted by molar-refractivity contribution is -0.123. The Morgan fingerprint density at radius 2 is 1.92 bits per heavy atom. The van der Waals surface area contributed by atoms with E-state index in [4.69, 9.17) is 4.74 Å². The zero-order valence-electron chi connectivity index (χ0n) is 13.0. The van der Waals surface area contributed by atoms with Crippen molar-refractivity contribution in [2.75, 3.05) is 13.7 Å². The van der Waals surface area contributed by atoms with E-state index in [1.165, 1.54) is 26.3 Å². The quantitative estimate of drug-likeness (QED) is 0.930. The summed E-state index contributed by atoms with van der Waals surface area (Å²) in [6.45, 7) is -0.0231. The van der Waals surface area contributed by atoms with Gasteiger partial charge in [-0.2, -0.15) is 13.2 Å². The molecule has 0 saturated carbocycles. The highest BCUT2D eigenvalue weighted by Gasteiger charge is 2.29. The number of hydrogen-bond donors (Lipinski definition) is 1. The Morgan fingerprint density at radius 3 is 2.54 bits per heavy atom. The summed E-state index contributed by atoms with van der Waals surface area (Å²) in [6, 6.07) is 8.10. The van der Waals surface area contributed by atoms with E-state index in [0.29, 0.717) is 11.4 Å². The van der Waals surface area contributed by atoms with E-state index in [2.05, 4.69) is 0 Å². The SMILES string of the molecule is COc1ccccc1-n1ccc(C)c(C(=O)NCC(F)(F)F)c1=O. The molecule has 2 aromatic rings. The van der Waals surface area contributed by atoms with Crippen molar-refractivity contribution in [1.29, 1.82) is 0 Å². The molecule has 1 heterocycles. The van der Waals surface area contributed by atoms with Crippen LogP contribution in [0.5, 0.6) is 5.75 Å². The molecule has 1 N–H and O–H groups in total. The summed E-state index contributed by atoms with van der Waals surface area (Å²) in [5.74, 6) is -0.677. The van der Waals surface area contributed by atoms with E-state index < -0.39 is 24.2 Å². The van der Waals surface area contributed by atoms with E-state index in [1.807, 2.05) is 0 Å². The fourth-order valence-corrected chi connectivity index (χ4v) is 2.19. The molecular weight excluding hydrogens is 325 g/mol. The molecule has 24 heavy (non-hydrogen) atoms. The second-order valence-electron chi connectivity index (χ2n) is 5.02. The van der Waals surface area contributed by atoms with E-state index >= 15 is 0 Å². The Bertz CT molecular complexity index is 813. The summed E-state index contributed by atoms with van der Waals surface area (Å²) in [5.41, 5.74) is -0.396. The summed E-state index contributed by atoms with van der Waals surface area (Å²) >= 11 is 0. The zero-order chi connectivity index (χ0) is 17.9. The molecule has 1 amide bonds. The normalized spacial score (nSPS) is 11.2. The molecular formula is C16H15F3N2O3. The molecule has 0 fully saturated rings. The number of pyridine rings is 1. The number of nitrogens with one attached hydrogen (secondary N) is 1. The number of nitrogens with zero attached hydrogens (tertiary/aromatic N) is 1. The number of carbonyl (C=O) groups excluding carboxylic acids is 1. The first kappa shape index (κ1) is 17.6. The molecule has 0 aliphatic rings. The van der Waals surface area contributed by atoms with Crippen LogP contribution in [0.1, 0.15) is 15.9 Å². The number of methoxy groups -OCH3 is 1. The van der Waals surface area contributed by atoms with Crippen LogP contribution in [0.4, 0.5) is 13.2 Å². The van der Waals surface area contributed by atoms with Crippen LogP contribution < -0.4 is 15.6 Å². The largest absolute Gasteiger partial charge is 0.495 e. The monoisotopic (exact) mass is 340 g/mol. The van der Waals surface area contributed by atoms with E-state index in [9.17, 15) is 22.8 Å². The fourth-order valence-electron chi connectivity index (χ4n) is 2.19. The molecule has 128 valence electrons. The van der Waals surface area contributed by atoms with Crippen LogP contribution in [0.25, 0.3) is 5.69 Å². The van der Waals surface area contributed by atoms with Crippen molar-refractivity contribution in [3.8, 4) is 11.4 Å². The Morgan fingerprint density at radius 1 is 1.25 bits per heavy atom. The molecule has 8 heteroatoms. The van der Waals surface area contributed by atoms with Crippen molar-refractivity contribution in [2.45, 2.75) is 13.1 Å². The first-order valence-electron chi connectivity index (χ1n) is 6.95. The summed E-state index contributed by atoms with van der Waals surface area (Å²) in [4.78, 5) is 24.6. The van der Waals surface area contributed by atoms with Gasteiger partial charge in [0, 0.05) is 6.20 Å². The topological polar surface area (TPSA) is 60.3 Å². The number of hydrogen-bond acceptors (Lipinski definition) is 3. The van der Waals surface area contributed by atoms with Gasteiger partial charge in [-0.1, -0.05) is 12.1 Å². The molecule has 0 aliphatic heterocycles. The Labute approximate surface area is 135 Å². The average Bonchev–Trinajstić information content (AvgIpc) is 2.52. The Balaban J connectivity index is 2.48. The van der Waals surface area contributed by atoms with Gasteiger partial charge in [0.05, 0.1) is 12.8 Å². The average molecular weight is 340 g/mol. The van der Waals surface area contributed by atoms with Gasteiger partial charge in [0.1, 0.15) is 17.9 Å². The number of amides is 1. The van der Waals surface area contributed by atoms with Gasteiger partial charge in [0.2, 0.25) is 0 Å². The van der Waals surface area contributed by atoms with Gasteiger partial charge in [-0.15, -0.1) is 0 Å². The number of aryl methyl sites for hydroxylation is 1. The molecule has 0 unspecified atom stereocenters. The number of halogens is 3. The van der Waals surface area contributed by atoms with Crippen LogP contribution in [0.2, 0.25) is 0 Å². The molecule has 5 nitrogen and oxygen atoms in total. The number of aromatic nitrogens is 1. The van der Waals surface area contributed by atoms with Gasteiger partial charge in [0.25, 0.3) is 11.5 Å². The number of alkyl halides is 3. The van der Waals surface area contributed by atoms with Gasteiger partial charge in [-0.3, -0.25) is 14.2 Å². The van der Waals surface area contributed by atoms with Crippen molar-refractivity contribution in [2.24, 2.45) is 0 Å². The maximum Gasteiger partial charge on any atom is 0.405 e. The van der Waals surface area contributed by atoms with Crippen LogP contribution in [0.15, 0.2) is 41.3 Å². The number of benzene rings is 1. The minimum atomic E-state index is -4.56. The maximum atomic E-state index is 12.6. The molecule has 0 radical (unpaired) electrons. The number of carbonyl (C=O) groups is 1. The van der Waals surface area contributed by atoms with Gasteiger partial charge >= 0.3 is 6.18 Å². The molecule has 0 bridgehead atoms. The second kappa shape index (κ2) is 6.77. The fraction of sp³-hybridized carbons (Fsp3) is 0.250. The highest BCUT2D eigenvalue weighted by molar-refractivity contribution is 5.95. The first-order chi connectivity index (χ1) is 11.2. The smallest absolute Gasteiger partial charge is 0.405 e. The van der Waals surface area contributed by atoms with Crippen LogP contribution in [-0.4, -0.2) is 30.3 Å². The highest BCUT2D eigenvalue weighted by atomic mass is 19.4. The molecule has 1 aromatic heterocycles. The van der Waals surface area contributed by atoms with Gasteiger partial charge in [0.15, 0.2) is 0 Å². The van der Waals surface area contributed by atoms with Crippen molar-refractivity contribution in [1.82, 2.24) is 9.88 Å². The summed E-state index contributed by atoms with van der Waals surface area (Å²) in [6.07, 6.45) is -3.12. The Hall–Kier alpha value is -2.77. The molecule has 0 saturated heterocycles. The predicted octanol–water partition coefficient (Wildman–Crippen LogP) is 2.45. The second-order valence-corrected chi connectivity index (χ2v) is 5.02. The number of para-hydroxylation sites is 2. The first-order valence-corrected chi connectivity index (χ1v) is 6.95. The third-order valence-electron chi connectivity index (χ3n) is 3.32. The van der Waals surface area contributed by atoms with Crippen molar-refractivity contribution < 1.29 is 22.7 Å². The van der Waals surface area contributed by atoms with E-state index in [1.54, 1.807) is 29.6 Å². The highest BCUT2D eigenvalue weighted by Crippen LogP contribution is 2.21. The zero-order valence-corrected chi connectivity index (χ0v) is 13.0. The van der Waals surface area contributed by atoms with Gasteiger partial charge < -0.3 is 10.1 Å². The molecule has 0 spiro atoms. The minimum absolute atomic E-state index is 0.283. The van der Waals surface area contributed by atoms with Gasteiger partial charge in [-0.05, 0) is 30.7 Å². The summed E-state index contributed by atoms with van der Waals surface area (Å²) in [5, 5.41) is 1.72.